The topological polar surface area (TPSA) is 69.7 Å². The highest BCUT2D eigenvalue weighted by molar-refractivity contribution is 5.82. The maximum absolute atomic E-state index is 13.9. The minimum Gasteiger partial charge on any atom is -0.466 e. The lowest BCUT2D eigenvalue weighted by atomic mass is 9.30. The SMILES string of the molecule is COC(=O)COC(=O)C12CCC(C)(C)CC1C1(C)CCC3(C)C4CCC(=O)C(C)C4(C)CCC3C1(C)CC2. The molecular formula is C33H52O5. The van der Waals surface area contributed by atoms with Crippen molar-refractivity contribution >= 4 is 17.7 Å². The second-order valence-electron chi connectivity index (χ2n) is 15.9. The molecule has 0 saturated heterocycles. The molecule has 9 unspecified atom stereocenters. The van der Waals surface area contributed by atoms with Gasteiger partial charge in [-0.1, -0.05) is 48.5 Å². The number of carbonyl (C=O) groups is 3. The molecule has 0 spiro atoms. The van der Waals surface area contributed by atoms with Gasteiger partial charge in [0.2, 0.25) is 0 Å². The third-order valence-corrected chi connectivity index (χ3v) is 14.3. The van der Waals surface area contributed by atoms with Crippen molar-refractivity contribution in [1.29, 1.82) is 0 Å². The van der Waals surface area contributed by atoms with E-state index in [1.54, 1.807) is 0 Å². The van der Waals surface area contributed by atoms with Gasteiger partial charge in [-0.2, -0.15) is 0 Å². The molecule has 0 amide bonds. The third-order valence-electron chi connectivity index (χ3n) is 14.3. The van der Waals surface area contributed by atoms with Crippen molar-refractivity contribution in [2.75, 3.05) is 13.7 Å². The smallest absolute Gasteiger partial charge is 0.344 e. The standard InChI is InChI=1S/C33H52O5/c1-21-22(34)9-10-23-29(21,4)12-11-24-30(23,5)14-15-32(7)25-19-28(2,3)13-17-33(25,18-16-31(24,32)6)27(36)38-20-26(35)37-8/h21,23-25H,9-20H2,1-8H3. The first-order valence-electron chi connectivity index (χ1n) is 15.4. The Morgan fingerprint density at radius 2 is 1.42 bits per heavy atom. The molecule has 0 aliphatic heterocycles. The van der Waals surface area contributed by atoms with Gasteiger partial charge in [-0.25, -0.2) is 4.79 Å². The zero-order valence-electron chi connectivity index (χ0n) is 25.3. The zero-order valence-corrected chi connectivity index (χ0v) is 25.3. The molecule has 0 bridgehead atoms. The molecule has 0 aromatic rings. The van der Waals surface area contributed by atoms with Gasteiger partial charge >= 0.3 is 11.9 Å². The van der Waals surface area contributed by atoms with E-state index in [4.69, 9.17) is 9.47 Å². The van der Waals surface area contributed by atoms with Gasteiger partial charge in [-0.15, -0.1) is 0 Å². The van der Waals surface area contributed by atoms with Crippen LogP contribution in [0.1, 0.15) is 119 Å². The summed E-state index contributed by atoms with van der Waals surface area (Å²) in [6.07, 6.45) is 11.2. The molecule has 5 rings (SSSR count). The van der Waals surface area contributed by atoms with E-state index in [9.17, 15) is 14.4 Å². The van der Waals surface area contributed by atoms with Crippen molar-refractivity contribution in [3.8, 4) is 0 Å². The molecule has 5 saturated carbocycles. The highest BCUT2D eigenvalue weighted by Gasteiger charge is 2.72. The summed E-state index contributed by atoms with van der Waals surface area (Å²) in [5, 5.41) is 0. The predicted octanol–water partition coefficient (Wildman–Crippen LogP) is 7.15. The van der Waals surface area contributed by atoms with Crippen molar-refractivity contribution in [3.63, 3.8) is 0 Å². The molecule has 5 nitrogen and oxygen atoms in total. The summed E-state index contributed by atoms with van der Waals surface area (Å²) in [6.45, 7) is 16.7. The molecule has 5 aliphatic carbocycles. The van der Waals surface area contributed by atoms with E-state index in [0.717, 1.165) is 57.8 Å². The Morgan fingerprint density at radius 1 is 0.789 bits per heavy atom. The molecule has 0 N–H and O–H groups in total. The fourth-order valence-corrected chi connectivity index (χ4v) is 11.5. The van der Waals surface area contributed by atoms with E-state index >= 15 is 0 Å². The third kappa shape index (κ3) is 3.64. The van der Waals surface area contributed by atoms with Crippen molar-refractivity contribution in [2.45, 2.75) is 119 Å². The van der Waals surface area contributed by atoms with E-state index in [0.29, 0.717) is 17.6 Å². The lowest BCUT2D eigenvalue weighted by Gasteiger charge is -2.74. The molecule has 9 atom stereocenters. The molecule has 214 valence electrons. The van der Waals surface area contributed by atoms with Gasteiger partial charge in [0.25, 0.3) is 0 Å². The Hall–Kier alpha value is -1.39. The molecule has 5 heteroatoms. The van der Waals surface area contributed by atoms with Crippen LogP contribution in [0.5, 0.6) is 0 Å². The molecule has 38 heavy (non-hydrogen) atoms. The summed E-state index contributed by atoms with van der Waals surface area (Å²) in [4.78, 5) is 38.6. The highest BCUT2D eigenvalue weighted by Crippen LogP contribution is 2.78. The monoisotopic (exact) mass is 528 g/mol. The summed E-state index contributed by atoms with van der Waals surface area (Å²) in [7, 11) is 1.34. The summed E-state index contributed by atoms with van der Waals surface area (Å²) in [5.41, 5.74) is 0.167. The second-order valence-corrected chi connectivity index (χ2v) is 15.9. The van der Waals surface area contributed by atoms with E-state index in [2.05, 4.69) is 48.5 Å². The van der Waals surface area contributed by atoms with Crippen LogP contribution in [0, 0.1) is 56.2 Å². The zero-order chi connectivity index (χ0) is 27.9. The number of esters is 2. The number of fused-ring (bicyclic) bond motifs is 7. The first kappa shape index (κ1) is 28.1. The van der Waals surface area contributed by atoms with Crippen LogP contribution in [0.4, 0.5) is 0 Å². The Balaban J connectivity index is 1.52. The van der Waals surface area contributed by atoms with E-state index in [1.807, 2.05) is 0 Å². The minimum absolute atomic E-state index is 0.0290. The van der Waals surface area contributed by atoms with Gasteiger partial charge in [0.05, 0.1) is 12.5 Å². The molecule has 0 aromatic carbocycles. The number of Topliss-reactive ketones (excluding diaryl/α,β-unsaturated/α-hetero) is 1. The number of hydrogen-bond acceptors (Lipinski definition) is 5. The summed E-state index contributed by atoms with van der Waals surface area (Å²) in [5.74, 6) is 1.39. The van der Waals surface area contributed by atoms with Gasteiger partial charge in [-0.3, -0.25) is 9.59 Å². The quantitative estimate of drug-likeness (QED) is 0.364. The van der Waals surface area contributed by atoms with Gasteiger partial charge in [-0.05, 0) is 109 Å². The molecule has 0 aromatic heterocycles. The van der Waals surface area contributed by atoms with Gasteiger partial charge in [0, 0.05) is 12.3 Å². The number of carbonyl (C=O) groups excluding carboxylic acids is 3. The van der Waals surface area contributed by atoms with Crippen molar-refractivity contribution < 1.29 is 23.9 Å². The fourth-order valence-electron chi connectivity index (χ4n) is 11.5. The largest absolute Gasteiger partial charge is 0.466 e. The van der Waals surface area contributed by atoms with Crippen LogP contribution in [0.15, 0.2) is 0 Å². The summed E-state index contributed by atoms with van der Waals surface area (Å²) in [6, 6.07) is 0. The maximum Gasteiger partial charge on any atom is 0.344 e. The maximum atomic E-state index is 13.9. The van der Waals surface area contributed by atoms with E-state index < -0.39 is 11.4 Å². The molecule has 0 radical (unpaired) electrons. The lowest BCUT2D eigenvalue weighted by molar-refractivity contribution is -0.260. The van der Waals surface area contributed by atoms with Crippen LogP contribution in [0.3, 0.4) is 0 Å². The average molecular weight is 529 g/mol. The van der Waals surface area contributed by atoms with Crippen LogP contribution in [0.2, 0.25) is 0 Å². The van der Waals surface area contributed by atoms with Crippen LogP contribution in [-0.2, 0) is 23.9 Å². The van der Waals surface area contributed by atoms with Crippen molar-refractivity contribution in [2.24, 2.45) is 56.2 Å². The van der Waals surface area contributed by atoms with Gasteiger partial charge < -0.3 is 9.47 Å². The van der Waals surface area contributed by atoms with Crippen molar-refractivity contribution in [3.05, 3.63) is 0 Å². The van der Waals surface area contributed by atoms with Gasteiger partial charge in [0.15, 0.2) is 6.61 Å². The normalized spacial score (nSPS) is 49.5. The highest BCUT2D eigenvalue weighted by atomic mass is 16.6. The lowest BCUT2D eigenvalue weighted by Crippen LogP contribution is -2.69. The molecule has 5 aliphatic rings. The van der Waals surface area contributed by atoms with Crippen LogP contribution < -0.4 is 0 Å². The molecule has 0 heterocycles. The Morgan fingerprint density at radius 3 is 2.11 bits per heavy atom. The number of ether oxygens (including phenoxy) is 2. The Kier molecular flexibility index (Phi) is 6.52. The Bertz CT molecular complexity index is 1020. The van der Waals surface area contributed by atoms with Crippen LogP contribution in [-0.4, -0.2) is 31.4 Å². The summed E-state index contributed by atoms with van der Waals surface area (Å²) < 4.78 is 10.5. The van der Waals surface area contributed by atoms with Gasteiger partial charge in [0.1, 0.15) is 5.78 Å². The fraction of sp³-hybridized carbons (Fsp3) is 0.909. The molecular weight excluding hydrogens is 476 g/mol. The van der Waals surface area contributed by atoms with Crippen LogP contribution >= 0.6 is 0 Å². The first-order chi connectivity index (χ1) is 17.6. The average Bonchev–Trinajstić information content (AvgIpc) is 2.86. The second kappa shape index (κ2) is 8.80. The number of rotatable bonds is 3. The molecule has 5 fully saturated rings. The first-order valence-corrected chi connectivity index (χ1v) is 15.4. The van der Waals surface area contributed by atoms with E-state index in [1.165, 1.54) is 20.0 Å². The number of ketones is 1. The summed E-state index contributed by atoms with van der Waals surface area (Å²) >= 11 is 0. The number of hydrogen-bond donors (Lipinski definition) is 0. The van der Waals surface area contributed by atoms with E-state index in [-0.39, 0.29) is 51.5 Å². The van der Waals surface area contributed by atoms with Crippen LogP contribution in [0.25, 0.3) is 0 Å². The number of methoxy groups -OCH3 is 1. The predicted molar refractivity (Wildman–Crippen MR) is 147 cm³/mol. The van der Waals surface area contributed by atoms with Crippen molar-refractivity contribution in [1.82, 2.24) is 0 Å². The minimum atomic E-state index is -0.513. The Labute approximate surface area is 230 Å².